The quantitative estimate of drug-likeness (QED) is 0.703. The number of halogens is 1. The highest BCUT2D eigenvalue weighted by atomic mass is 79.9. The number of hydrogen-bond acceptors (Lipinski definition) is 2. The molecule has 1 heterocycles. The Labute approximate surface area is 136 Å². The number of aromatic nitrogens is 1. The summed E-state index contributed by atoms with van der Waals surface area (Å²) in [6, 6.07) is 17.0. The van der Waals surface area contributed by atoms with Gasteiger partial charge in [-0.15, -0.1) is 0 Å². The molecule has 4 nitrogen and oxygen atoms in total. The molecule has 22 heavy (non-hydrogen) atoms. The van der Waals surface area contributed by atoms with E-state index in [1.54, 1.807) is 6.07 Å². The van der Waals surface area contributed by atoms with Gasteiger partial charge >= 0.3 is 5.97 Å². The molecule has 0 aliphatic heterocycles. The van der Waals surface area contributed by atoms with Crippen LogP contribution in [0.15, 0.2) is 54.6 Å². The van der Waals surface area contributed by atoms with E-state index >= 15 is 0 Å². The highest BCUT2D eigenvalue weighted by Crippen LogP contribution is 2.20. The fourth-order valence-corrected chi connectivity index (χ4v) is 2.93. The van der Waals surface area contributed by atoms with Gasteiger partial charge in [-0.1, -0.05) is 58.4 Å². The van der Waals surface area contributed by atoms with E-state index in [9.17, 15) is 9.90 Å². The van der Waals surface area contributed by atoms with Gasteiger partial charge in [0, 0.05) is 10.7 Å². The maximum absolute atomic E-state index is 11.4. The van der Waals surface area contributed by atoms with E-state index in [4.69, 9.17) is 4.84 Å². The van der Waals surface area contributed by atoms with Crippen LogP contribution in [-0.2, 0) is 11.9 Å². The summed E-state index contributed by atoms with van der Waals surface area (Å²) in [4.78, 5) is 17.2. The Morgan fingerprint density at radius 2 is 1.77 bits per heavy atom. The van der Waals surface area contributed by atoms with Crippen molar-refractivity contribution >= 4 is 32.8 Å². The van der Waals surface area contributed by atoms with E-state index in [1.807, 2.05) is 48.5 Å². The molecule has 1 N–H and O–H groups in total. The monoisotopic (exact) mass is 359 g/mol. The first-order valence-corrected chi connectivity index (χ1v) is 7.92. The van der Waals surface area contributed by atoms with Gasteiger partial charge in [-0.3, -0.25) is 0 Å². The summed E-state index contributed by atoms with van der Waals surface area (Å²) >= 11 is 3.45. The van der Waals surface area contributed by atoms with Gasteiger partial charge in [0.1, 0.15) is 6.61 Å². The predicted molar refractivity (Wildman–Crippen MR) is 88.3 cm³/mol. The maximum atomic E-state index is 11.4. The molecule has 0 atom stereocenters. The number of aromatic carboxylic acids is 1. The molecule has 3 rings (SSSR count). The zero-order chi connectivity index (χ0) is 15.5. The van der Waals surface area contributed by atoms with Crippen molar-refractivity contribution in [1.29, 1.82) is 0 Å². The van der Waals surface area contributed by atoms with Crippen molar-refractivity contribution in [3.8, 4) is 0 Å². The number of nitrogens with zero attached hydrogens (tertiary/aromatic N) is 1. The molecule has 112 valence electrons. The lowest BCUT2D eigenvalue weighted by Gasteiger charge is -2.12. The van der Waals surface area contributed by atoms with E-state index in [2.05, 4.69) is 15.9 Å². The van der Waals surface area contributed by atoms with Gasteiger partial charge in [0.25, 0.3) is 0 Å². The Bertz CT molecular complexity index is 826. The average Bonchev–Trinajstić information content (AvgIpc) is 2.92. The molecule has 0 fully saturated rings. The summed E-state index contributed by atoms with van der Waals surface area (Å²) in [7, 11) is 0. The van der Waals surface area contributed by atoms with Crippen molar-refractivity contribution in [2.75, 3.05) is 0 Å². The molecule has 3 aromatic rings. The summed E-state index contributed by atoms with van der Waals surface area (Å²) in [5.41, 5.74) is 3.01. The number of hydrogen-bond donors (Lipinski definition) is 1. The lowest BCUT2D eigenvalue weighted by molar-refractivity contribution is 0.0588. The molecular weight excluding hydrogens is 346 g/mol. The van der Waals surface area contributed by atoms with E-state index in [0.29, 0.717) is 6.61 Å². The van der Waals surface area contributed by atoms with Crippen LogP contribution in [0.1, 0.15) is 21.6 Å². The van der Waals surface area contributed by atoms with Crippen LogP contribution in [0.25, 0.3) is 10.9 Å². The summed E-state index contributed by atoms with van der Waals surface area (Å²) in [6.07, 6.45) is 0. The van der Waals surface area contributed by atoms with Crippen LogP contribution in [-0.4, -0.2) is 15.8 Å². The number of carboxylic acids is 1. The third-order valence-electron chi connectivity index (χ3n) is 3.50. The molecule has 0 saturated carbocycles. The molecule has 0 amide bonds. The van der Waals surface area contributed by atoms with E-state index in [1.165, 1.54) is 4.73 Å². The van der Waals surface area contributed by atoms with Crippen molar-refractivity contribution in [1.82, 2.24) is 4.73 Å². The van der Waals surface area contributed by atoms with Gasteiger partial charge in [0.15, 0.2) is 5.69 Å². The number of benzene rings is 2. The molecule has 0 aliphatic carbocycles. The van der Waals surface area contributed by atoms with Crippen molar-refractivity contribution in [2.45, 2.75) is 11.9 Å². The van der Waals surface area contributed by atoms with Crippen LogP contribution in [0.3, 0.4) is 0 Å². The van der Waals surface area contributed by atoms with Crippen LogP contribution in [0.4, 0.5) is 0 Å². The molecular formula is C17H14BrNO3. The fraction of sp³-hybridized carbons (Fsp3) is 0.118. The Kier molecular flexibility index (Phi) is 4.15. The Morgan fingerprint density at radius 1 is 1.09 bits per heavy atom. The van der Waals surface area contributed by atoms with Gasteiger partial charge < -0.3 is 9.94 Å². The number of rotatable bonds is 5. The zero-order valence-electron chi connectivity index (χ0n) is 11.7. The fourth-order valence-electron chi connectivity index (χ4n) is 2.38. The topological polar surface area (TPSA) is 51.5 Å². The van der Waals surface area contributed by atoms with Crippen LogP contribution >= 0.6 is 15.9 Å². The second-order valence-corrected chi connectivity index (χ2v) is 5.42. The molecule has 0 bridgehead atoms. The Hall–Kier alpha value is -2.27. The lowest BCUT2D eigenvalue weighted by Crippen LogP contribution is -2.17. The molecule has 0 saturated heterocycles. The summed E-state index contributed by atoms with van der Waals surface area (Å²) < 4.78 is 1.39. The number of carbonyl (C=O) groups is 1. The van der Waals surface area contributed by atoms with Crippen LogP contribution in [0.5, 0.6) is 0 Å². The van der Waals surface area contributed by atoms with Crippen LogP contribution < -0.4 is 4.84 Å². The normalized spacial score (nSPS) is 10.8. The molecule has 0 spiro atoms. The zero-order valence-corrected chi connectivity index (χ0v) is 13.3. The summed E-state index contributed by atoms with van der Waals surface area (Å²) in [6.45, 7) is 0.306. The van der Waals surface area contributed by atoms with E-state index in [0.717, 1.165) is 27.4 Å². The van der Waals surface area contributed by atoms with Crippen LogP contribution in [0, 0.1) is 0 Å². The van der Waals surface area contributed by atoms with Crippen molar-refractivity contribution in [2.24, 2.45) is 0 Å². The minimum atomic E-state index is -1.01. The molecule has 0 unspecified atom stereocenters. The van der Waals surface area contributed by atoms with Gasteiger partial charge in [-0.2, -0.15) is 4.73 Å². The smallest absolute Gasteiger partial charge is 0.356 e. The predicted octanol–water partition coefficient (Wildman–Crippen LogP) is 3.86. The van der Waals surface area contributed by atoms with Gasteiger partial charge in [0.2, 0.25) is 0 Å². The summed E-state index contributed by atoms with van der Waals surface area (Å²) in [5, 5.41) is 10.9. The average molecular weight is 360 g/mol. The van der Waals surface area contributed by atoms with Crippen molar-refractivity contribution in [3.63, 3.8) is 0 Å². The lowest BCUT2D eigenvalue weighted by atomic mass is 10.1. The molecule has 0 aliphatic rings. The van der Waals surface area contributed by atoms with Crippen molar-refractivity contribution in [3.05, 3.63) is 71.4 Å². The number of fused-ring (bicyclic) bond motifs is 1. The number of carboxylic acid groups (broad SMARTS) is 1. The highest BCUT2D eigenvalue weighted by molar-refractivity contribution is 9.08. The van der Waals surface area contributed by atoms with Gasteiger partial charge in [-0.25, -0.2) is 4.79 Å². The SMILES string of the molecule is O=C(O)c1cc2ccccc2n1OCc1ccccc1CBr. The summed E-state index contributed by atoms with van der Waals surface area (Å²) in [5.74, 6) is -1.01. The highest BCUT2D eigenvalue weighted by Gasteiger charge is 2.16. The first-order valence-electron chi connectivity index (χ1n) is 6.80. The van der Waals surface area contributed by atoms with Crippen molar-refractivity contribution < 1.29 is 14.7 Å². The maximum Gasteiger partial charge on any atom is 0.356 e. The van der Waals surface area contributed by atoms with Gasteiger partial charge in [0.05, 0.1) is 5.52 Å². The first kappa shape index (κ1) is 14.7. The van der Waals surface area contributed by atoms with E-state index < -0.39 is 5.97 Å². The minimum Gasteiger partial charge on any atom is -0.476 e. The van der Waals surface area contributed by atoms with Crippen LogP contribution in [0.2, 0.25) is 0 Å². The molecule has 0 radical (unpaired) electrons. The van der Waals surface area contributed by atoms with Gasteiger partial charge in [-0.05, 0) is 23.3 Å². The third-order valence-corrected chi connectivity index (χ3v) is 4.10. The largest absolute Gasteiger partial charge is 0.476 e. The number of para-hydroxylation sites is 1. The molecule has 1 aromatic heterocycles. The minimum absolute atomic E-state index is 0.123. The van der Waals surface area contributed by atoms with E-state index in [-0.39, 0.29) is 5.69 Å². The third kappa shape index (κ3) is 2.72. The second-order valence-electron chi connectivity index (χ2n) is 4.86. The molecule has 5 heteroatoms. The Balaban J connectivity index is 1.96. The standard InChI is InChI=1S/C17H14BrNO3/c18-10-13-6-1-2-7-14(13)11-22-19-15-8-4-3-5-12(15)9-16(19)17(20)21/h1-9H,10-11H2,(H,20,21). The number of alkyl halides is 1. The molecule has 2 aromatic carbocycles. The second kappa shape index (κ2) is 6.23. The first-order chi connectivity index (χ1) is 10.7. The Morgan fingerprint density at radius 3 is 2.50 bits per heavy atom.